The van der Waals surface area contributed by atoms with Gasteiger partial charge in [0.25, 0.3) is 5.91 Å². The van der Waals surface area contributed by atoms with Crippen molar-refractivity contribution in [2.75, 3.05) is 23.5 Å². The summed E-state index contributed by atoms with van der Waals surface area (Å²) in [5, 5.41) is 0. The Kier molecular flexibility index (Phi) is 5.27. The summed E-state index contributed by atoms with van der Waals surface area (Å²) in [7, 11) is 1.60. The monoisotopic (exact) mass is 400 g/mol. The van der Waals surface area contributed by atoms with Crippen molar-refractivity contribution >= 4 is 23.2 Å². The number of methoxy groups -OCH3 is 1. The molecule has 0 radical (unpaired) electrons. The van der Waals surface area contributed by atoms with Crippen LogP contribution >= 0.6 is 0 Å². The molecule has 3 aromatic carbocycles. The van der Waals surface area contributed by atoms with Crippen LogP contribution in [0.2, 0.25) is 0 Å². The summed E-state index contributed by atoms with van der Waals surface area (Å²) < 4.78 is 5.26. The molecule has 4 rings (SSSR count). The largest absolute Gasteiger partial charge is 0.497 e. The maximum Gasteiger partial charge on any atom is 0.255 e. The van der Waals surface area contributed by atoms with Gasteiger partial charge in [-0.15, -0.1) is 0 Å². The van der Waals surface area contributed by atoms with Crippen LogP contribution in [-0.4, -0.2) is 25.5 Å². The standard InChI is InChI=1S/C25H24N2O3/c1-17-8-7-11-22(18(17)2)26-16-23(28)27(20-9-5-4-6-10-20)24(25(26)29)19-12-14-21(30-3)15-13-19/h4-15,24H,16H2,1-3H3/t24-/m0/s1. The minimum absolute atomic E-state index is 0.00464. The number of ether oxygens (including phenoxy) is 1. The zero-order chi connectivity index (χ0) is 21.3. The summed E-state index contributed by atoms with van der Waals surface area (Å²) in [6.07, 6.45) is 0. The van der Waals surface area contributed by atoms with E-state index >= 15 is 0 Å². The molecule has 30 heavy (non-hydrogen) atoms. The van der Waals surface area contributed by atoms with Crippen molar-refractivity contribution in [3.63, 3.8) is 0 Å². The third kappa shape index (κ3) is 3.43. The molecule has 5 nitrogen and oxygen atoms in total. The first-order valence-corrected chi connectivity index (χ1v) is 9.90. The number of hydrogen-bond acceptors (Lipinski definition) is 3. The van der Waals surface area contributed by atoms with Crippen molar-refractivity contribution in [1.29, 1.82) is 0 Å². The van der Waals surface area contributed by atoms with E-state index < -0.39 is 6.04 Å². The van der Waals surface area contributed by atoms with Crippen LogP contribution in [-0.2, 0) is 9.59 Å². The fourth-order valence-electron chi connectivity index (χ4n) is 3.88. The Morgan fingerprint density at radius 3 is 2.23 bits per heavy atom. The number of anilines is 2. The Bertz CT molecular complexity index is 1080. The molecule has 1 fully saturated rings. The third-order valence-electron chi connectivity index (χ3n) is 5.65. The SMILES string of the molecule is COc1ccc([C@H]2C(=O)N(c3cccc(C)c3C)CC(=O)N2c2ccccc2)cc1. The molecule has 5 heteroatoms. The van der Waals surface area contributed by atoms with E-state index in [0.717, 1.165) is 22.4 Å². The second-order valence-corrected chi connectivity index (χ2v) is 7.42. The molecule has 1 atom stereocenters. The molecule has 2 amide bonds. The number of nitrogens with zero attached hydrogens (tertiary/aromatic N) is 2. The molecule has 0 saturated carbocycles. The van der Waals surface area contributed by atoms with E-state index in [1.807, 2.05) is 86.6 Å². The van der Waals surface area contributed by atoms with Crippen LogP contribution in [0.4, 0.5) is 11.4 Å². The molecular formula is C25H24N2O3. The van der Waals surface area contributed by atoms with Crippen molar-refractivity contribution in [2.45, 2.75) is 19.9 Å². The number of rotatable bonds is 4. The molecule has 0 aliphatic carbocycles. The van der Waals surface area contributed by atoms with Crippen LogP contribution in [0, 0.1) is 13.8 Å². The van der Waals surface area contributed by atoms with Gasteiger partial charge in [-0.2, -0.15) is 0 Å². The van der Waals surface area contributed by atoms with E-state index in [1.54, 1.807) is 16.9 Å². The van der Waals surface area contributed by atoms with Crippen molar-refractivity contribution in [2.24, 2.45) is 0 Å². The van der Waals surface area contributed by atoms with Gasteiger partial charge < -0.3 is 9.64 Å². The van der Waals surface area contributed by atoms with Gasteiger partial charge in [-0.25, -0.2) is 0 Å². The molecule has 0 aromatic heterocycles. The van der Waals surface area contributed by atoms with Crippen molar-refractivity contribution in [1.82, 2.24) is 0 Å². The third-order valence-corrected chi connectivity index (χ3v) is 5.65. The van der Waals surface area contributed by atoms with Crippen LogP contribution in [0.5, 0.6) is 5.75 Å². The van der Waals surface area contributed by atoms with E-state index in [0.29, 0.717) is 11.4 Å². The second-order valence-electron chi connectivity index (χ2n) is 7.42. The number of amides is 2. The molecule has 1 aliphatic heterocycles. The van der Waals surface area contributed by atoms with E-state index in [1.165, 1.54) is 0 Å². The highest BCUT2D eigenvalue weighted by Gasteiger charge is 2.42. The number of piperazine rings is 1. The summed E-state index contributed by atoms with van der Waals surface area (Å²) in [4.78, 5) is 30.3. The van der Waals surface area contributed by atoms with Crippen LogP contribution in [0.15, 0.2) is 72.8 Å². The quantitative estimate of drug-likeness (QED) is 0.651. The highest BCUT2D eigenvalue weighted by Crippen LogP contribution is 2.36. The molecule has 152 valence electrons. The van der Waals surface area contributed by atoms with E-state index in [4.69, 9.17) is 4.74 Å². The lowest BCUT2D eigenvalue weighted by molar-refractivity contribution is -0.128. The van der Waals surface area contributed by atoms with Crippen molar-refractivity contribution < 1.29 is 14.3 Å². The number of carbonyl (C=O) groups is 2. The highest BCUT2D eigenvalue weighted by molar-refractivity contribution is 6.14. The lowest BCUT2D eigenvalue weighted by atomic mass is 9.98. The molecule has 1 heterocycles. The van der Waals surface area contributed by atoms with Crippen molar-refractivity contribution in [3.05, 3.63) is 89.5 Å². The topological polar surface area (TPSA) is 49.9 Å². The van der Waals surface area contributed by atoms with Crippen LogP contribution in [0.3, 0.4) is 0 Å². The van der Waals surface area contributed by atoms with Gasteiger partial charge in [0.05, 0.1) is 7.11 Å². The molecule has 0 unspecified atom stereocenters. The van der Waals surface area contributed by atoms with Gasteiger partial charge in [0, 0.05) is 11.4 Å². The summed E-state index contributed by atoms with van der Waals surface area (Å²) >= 11 is 0. The fraction of sp³-hybridized carbons (Fsp3) is 0.200. The van der Waals surface area contributed by atoms with Gasteiger partial charge in [-0.3, -0.25) is 14.5 Å². The van der Waals surface area contributed by atoms with Gasteiger partial charge in [-0.05, 0) is 60.9 Å². The Morgan fingerprint density at radius 1 is 0.867 bits per heavy atom. The van der Waals surface area contributed by atoms with Crippen LogP contribution in [0.25, 0.3) is 0 Å². The number of hydrogen-bond donors (Lipinski definition) is 0. The van der Waals surface area contributed by atoms with Gasteiger partial charge in [0.2, 0.25) is 5.91 Å². The van der Waals surface area contributed by atoms with E-state index in [-0.39, 0.29) is 18.4 Å². The normalized spacial score (nSPS) is 16.7. The van der Waals surface area contributed by atoms with Gasteiger partial charge in [0.1, 0.15) is 18.3 Å². The Labute approximate surface area is 176 Å². The maximum atomic E-state index is 13.8. The van der Waals surface area contributed by atoms with Gasteiger partial charge in [-0.1, -0.05) is 42.5 Å². The van der Waals surface area contributed by atoms with Crippen LogP contribution in [0.1, 0.15) is 22.7 Å². The lowest BCUT2D eigenvalue weighted by Gasteiger charge is -2.41. The molecular weight excluding hydrogens is 376 g/mol. The smallest absolute Gasteiger partial charge is 0.255 e. The van der Waals surface area contributed by atoms with Crippen molar-refractivity contribution in [3.8, 4) is 5.75 Å². The zero-order valence-corrected chi connectivity index (χ0v) is 17.3. The molecule has 3 aromatic rings. The number of para-hydroxylation sites is 1. The summed E-state index contributed by atoms with van der Waals surface area (Å²) in [5.74, 6) is 0.450. The first kappa shape index (κ1) is 19.7. The lowest BCUT2D eigenvalue weighted by Crippen LogP contribution is -2.56. The van der Waals surface area contributed by atoms with E-state index in [2.05, 4.69) is 0 Å². The molecule has 0 bridgehead atoms. The average molecular weight is 400 g/mol. The highest BCUT2D eigenvalue weighted by atomic mass is 16.5. The molecule has 0 spiro atoms. The maximum absolute atomic E-state index is 13.8. The minimum Gasteiger partial charge on any atom is -0.497 e. The first-order chi connectivity index (χ1) is 14.5. The summed E-state index contributed by atoms with van der Waals surface area (Å²) in [6, 6.07) is 21.7. The minimum atomic E-state index is -0.750. The molecule has 1 aliphatic rings. The number of aryl methyl sites for hydroxylation is 1. The Hall–Kier alpha value is -3.60. The second kappa shape index (κ2) is 8.03. The molecule has 1 saturated heterocycles. The average Bonchev–Trinajstić information content (AvgIpc) is 2.77. The number of carbonyl (C=O) groups excluding carboxylic acids is 2. The van der Waals surface area contributed by atoms with Gasteiger partial charge >= 0.3 is 0 Å². The predicted octanol–water partition coefficient (Wildman–Crippen LogP) is 4.43. The predicted molar refractivity (Wildman–Crippen MR) is 118 cm³/mol. The number of benzene rings is 3. The summed E-state index contributed by atoms with van der Waals surface area (Å²) in [5.41, 5.74) is 4.31. The zero-order valence-electron chi connectivity index (χ0n) is 17.3. The van der Waals surface area contributed by atoms with E-state index in [9.17, 15) is 9.59 Å². The van der Waals surface area contributed by atoms with Crippen LogP contribution < -0.4 is 14.5 Å². The first-order valence-electron chi connectivity index (χ1n) is 9.90. The Balaban J connectivity index is 1.83. The van der Waals surface area contributed by atoms with Gasteiger partial charge in [0.15, 0.2) is 0 Å². The fourth-order valence-corrected chi connectivity index (χ4v) is 3.88. The summed E-state index contributed by atoms with van der Waals surface area (Å²) in [6.45, 7) is 3.99. The molecule has 0 N–H and O–H groups in total. The Morgan fingerprint density at radius 2 is 1.57 bits per heavy atom.